The van der Waals surface area contributed by atoms with Crippen molar-refractivity contribution in [3.05, 3.63) is 77.1 Å². The number of rotatable bonds is 5. The maximum Gasteiger partial charge on any atom is 0.416 e. The summed E-state index contributed by atoms with van der Waals surface area (Å²) in [5.41, 5.74) is 2.33. The number of hydroxylamine groups is 1. The van der Waals surface area contributed by atoms with Gasteiger partial charge in [-0.15, -0.1) is 12.4 Å². The maximum absolute atomic E-state index is 13.0. The second-order valence-corrected chi connectivity index (χ2v) is 7.38. The summed E-state index contributed by atoms with van der Waals surface area (Å²) in [4.78, 5) is 29.6. The zero-order valence-corrected chi connectivity index (χ0v) is 18.3. The van der Waals surface area contributed by atoms with E-state index < -0.39 is 17.6 Å². The standard InChI is InChI=1S/C23H22F3N3O3.ClH/c24-23(25,26)18-6-1-4-16(14-18)17-5-3-13-29(15-17)22(31)12-10-20-8-2-7-19(27-20)9-11-21(30)28-32;/h1-2,4,6-12,14,17,32H,3,5,13,15H2,(H,28,30);1H. The van der Waals surface area contributed by atoms with E-state index in [0.29, 0.717) is 42.9 Å². The lowest BCUT2D eigenvalue weighted by molar-refractivity contribution is -0.137. The quantitative estimate of drug-likeness (QED) is 0.375. The molecule has 33 heavy (non-hydrogen) atoms. The third-order valence-corrected chi connectivity index (χ3v) is 5.12. The molecule has 1 saturated heterocycles. The van der Waals surface area contributed by atoms with Crippen LogP contribution in [0.15, 0.2) is 54.6 Å². The van der Waals surface area contributed by atoms with Gasteiger partial charge in [0.2, 0.25) is 5.91 Å². The van der Waals surface area contributed by atoms with Crippen molar-refractivity contribution in [3.8, 4) is 0 Å². The predicted molar refractivity (Wildman–Crippen MR) is 119 cm³/mol. The van der Waals surface area contributed by atoms with Gasteiger partial charge in [-0.05, 0) is 48.8 Å². The summed E-state index contributed by atoms with van der Waals surface area (Å²) in [7, 11) is 0. The van der Waals surface area contributed by atoms with Crippen LogP contribution in [0.4, 0.5) is 13.2 Å². The summed E-state index contributed by atoms with van der Waals surface area (Å²) in [5.74, 6) is -1.10. The van der Waals surface area contributed by atoms with Crippen LogP contribution in [-0.4, -0.2) is 40.0 Å². The van der Waals surface area contributed by atoms with E-state index in [1.165, 1.54) is 23.7 Å². The molecule has 176 valence electrons. The molecule has 2 aromatic rings. The van der Waals surface area contributed by atoms with Gasteiger partial charge in [-0.2, -0.15) is 13.2 Å². The van der Waals surface area contributed by atoms with Crippen molar-refractivity contribution < 1.29 is 28.0 Å². The van der Waals surface area contributed by atoms with E-state index >= 15 is 0 Å². The lowest BCUT2D eigenvalue weighted by Gasteiger charge is -2.32. The second kappa shape index (κ2) is 11.6. The average molecular weight is 482 g/mol. The molecule has 0 aliphatic carbocycles. The van der Waals surface area contributed by atoms with Crippen LogP contribution < -0.4 is 5.48 Å². The number of hydrogen-bond acceptors (Lipinski definition) is 4. The van der Waals surface area contributed by atoms with Gasteiger partial charge in [0.15, 0.2) is 0 Å². The fourth-order valence-electron chi connectivity index (χ4n) is 3.53. The number of nitrogens with zero attached hydrogens (tertiary/aromatic N) is 2. The predicted octanol–water partition coefficient (Wildman–Crippen LogP) is 4.46. The first-order valence-electron chi connectivity index (χ1n) is 9.99. The molecule has 0 radical (unpaired) electrons. The van der Waals surface area contributed by atoms with Crippen LogP contribution in [0.5, 0.6) is 0 Å². The number of benzene rings is 1. The normalized spacial score (nSPS) is 16.6. The zero-order valence-electron chi connectivity index (χ0n) is 17.5. The highest BCUT2D eigenvalue weighted by atomic mass is 35.5. The molecule has 1 aliphatic rings. The van der Waals surface area contributed by atoms with Crippen LogP contribution in [0.1, 0.15) is 41.3 Å². The molecule has 3 rings (SSSR count). The lowest BCUT2D eigenvalue weighted by atomic mass is 9.89. The van der Waals surface area contributed by atoms with Gasteiger partial charge in [0, 0.05) is 31.2 Å². The molecule has 1 aromatic carbocycles. The molecule has 10 heteroatoms. The van der Waals surface area contributed by atoms with E-state index in [2.05, 4.69) is 4.98 Å². The minimum Gasteiger partial charge on any atom is -0.339 e. The van der Waals surface area contributed by atoms with Crippen molar-refractivity contribution >= 4 is 36.4 Å². The molecule has 1 aliphatic heterocycles. The van der Waals surface area contributed by atoms with Crippen molar-refractivity contribution in [1.29, 1.82) is 0 Å². The van der Waals surface area contributed by atoms with E-state index in [0.717, 1.165) is 18.2 Å². The van der Waals surface area contributed by atoms with Crippen molar-refractivity contribution in [2.45, 2.75) is 24.9 Å². The Labute approximate surface area is 195 Å². The molecule has 0 bridgehead atoms. The third kappa shape index (κ3) is 7.44. The van der Waals surface area contributed by atoms with Crippen LogP contribution in [0.25, 0.3) is 12.2 Å². The Morgan fingerprint density at radius 1 is 1.09 bits per heavy atom. The Hall–Kier alpha value is -3.17. The van der Waals surface area contributed by atoms with Gasteiger partial charge in [-0.25, -0.2) is 10.5 Å². The van der Waals surface area contributed by atoms with E-state index in [-0.39, 0.29) is 24.2 Å². The first-order chi connectivity index (χ1) is 15.3. The average Bonchev–Trinajstić information content (AvgIpc) is 2.81. The number of halogens is 4. The van der Waals surface area contributed by atoms with Gasteiger partial charge >= 0.3 is 6.18 Å². The SMILES string of the molecule is Cl.O=C(C=Cc1cccc(C=CC(=O)N2CCCC(c3cccc(C(F)(F)F)c3)C2)n1)NO. The van der Waals surface area contributed by atoms with Crippen molar-refractivity contribution in [2.75, 3.05) is 13.1 Å². The Morgan fingerprint density at radius 3 is 2.42 bits per heavy atom. The molecule has 2 N–H and O–H groups in total. The second-order valence-electron chi connectivity index (χ2n) is 7.38. The first kappa shape index (κ1) is 26.1. The molecule has 6 nitrogen and oxygen atoms in total. The fraction of sp³-hybridized carbons (Fsp3) is 0.261. The molecule has 1 unspecified atom stereocenters. The Kier molecular flexibility index (Phi) is 9.19. The third-order valence-electron chi connectivity index (χ3n) is 5.12. The number of amides is 2. The molecule has 2 amide bonds. The number of aromatic nitrogens is 1. The van der Waals surface area contributed by atoms with Crippen LogP contribution in [0.3, 0.4) is 0 Å². The summed E-state index contributed by atoms with van der Waals surface area (Å²) in [6.45, 7) is 0.877. The Morgan fingerprint density at radius 2 is 1.76 bits per heavy atom. The topological polar surface area (TPSA) is 82.5 Å². The van der Waals surface area contributed by atoms with Crippen LogP contribution in [0, 0.1) is 0 Å². The highest BCUT2D eigenvalue weighted by Crippen LogP contribution is 2.33. The van der Waals surface area contributed by atoms with Crippen molar-refractivity contribution in [3.63, 3.8) is 0 Å². The molecule has 1 fully saturated rings. The summed E-state index contributed by atoms with van der Waals surface area (Å²) < 4.78 is 39.1. The van der Waals surface area contributed by atoms with Gasteiger partial charge in [0.05, 0.1) is 17.0 Å². The maximum atomic E-state index is 13.0. The smallest absolute Gasteiger partial charge is 0.339 e. The molecular weight excluding hydrogens is 459 g/mol. The minimum absolute atomic E-state index is 0. The molecular formula is C23H23ClF3N3O3. The Bertz CT molecular complexity index is 1040. The summed E-state index contributed by atoms with van der Waals surface area (Å²) in [5, 5.41) is 8.50. The number of carbonyl (C=O) groups excluding carboxylic acids is 2. The number of piperidine rings is 1. The highest BCUT2D eigenvalue weighted by molar-refractivity contribution is 5.92. The largest absolute Gasteiger partial charge is 0.416 e. The van der Waals surface area contributed by atoms with Gasteiger partial charge in [-0.1, -0.05) is 24.3 Å². The minimum atomic E-state index is -4.40. The number of carbonyl (C=O) groups is 2. The van der Waals surface area contributed by atoms with Gasteiger partial charge in [-0.3, -0.25) is 14.8 Å². The number of likely N-dealkylation sites (tertiary alicyclic amines) is 1. The molecule has 0 saturated carbocycles. The van der Waals surface area contributed by atoms with E-state index in [4.69, 9.17) is 5.21 Å². The van der Waals surface area contributed by atoms with Gasteiger partial charge < -0.3 is 4.90 Å². The van der Waals surface area contributed by atoms with Gasteiger partial charge in [0.25, 0.3) is 5.91 Å². The number of hydrogen-bond donors (Lipinski definition) is 2. The van der Waals surface area contributed by atoms with E-state index in [1.807, 2.05) is 0 Å². The molecule has 1 atom stereocenters. The Balaban J connectivity index is 0.00000385. The fourth-order valence-corrected chi connectivity index (χ4v) is 3.53. The number of nitrogens with one attached hydrogen (secondary N) is 1. The van der Waals surface area contributed by atoms with Crippen LogP contribution in [0.2, 0.25) is 0 Å². The summed E-state index contributed by atoms with van der Waals surface area (Å²) >= 11 is 0. The first-order valence-corrected chi connectivity index (χ1v) is 9.99. The summed E-state index contributed by atoms with van der Waals surface area (Å²) in [6, 6.07) is 10.3. The monoisotopic (exact) mass is 481 g/mol. The molecule has 2 heterocycles. The lowest BCUT2D eigenvalue weighted by Crippen LogP contribution is -2.38. The van der Waals surface area contributed by atoms with Crippen LogP contribution >= 0.6 is 12.4 Å². The zero-order chi connectivity index (χ0) is 23.1. The van der Waals surface area contributed by atoms with E-state index in [9.17, 15) is 22.8 Å². The van der Waals surface area contributed by atoms with Crippen LogP contribution in [-0.2, 0) is 15.8 Å². The number of alkyl halides is 3. The molecule has 1 aromatic heterocycles. The number of pyridine rings is 1. The summed E-state index contributed by atoms with van der Waals surface area (Å²) in [6.07, 6.45) is 2.46. The molecule has 0 spiro atoms. The van der Waals surface area contributed by atoms with Crippen molar-refractivity contribution in [1.82, 2.24) is 15.4 Å². The van der Waals surface area contributed by atoms with Gasteiger partial charge in [0.1, 0.15) is 0 Å². The highest BCUT2D eigenvalue weighted by Gasteiger charge is 2.31. The van der Waals surface area contributed by atoms with E-state index in [1.54, 1.807) is 35.2 Å². The van der Waals surface area contributed by atoms with Crippen molar-refractivity contribution in [2.24, 2.45) is 0 Å².